The second-order valence-corrected chi connectivity index (χ2v) is 11.0. The molecular formula is C22H29N3O7S. The molecule has 33 heavy (non-hydrogen) atoms. The number of non-ortho nitro benzene ring substituents is 1. The van der Waals surface area contributed by atoms with Crippen molar-refractivity contribution in [3.63, 3.8) is 0 Å². The van der Waals surface area contributed by atoms with Crippen LogP contribution in [0.15, 0.2) is 53.0 Å². The second kappa shape index (κ2) is 9.62. The van der Waals surface area contributed by atoms with Gasteiger partial charge < -0.3 is 14.7 Å². The number of ether oxygens (including phenoxy) is 1. The molecule has 3 rings (SSSR count). The molecule has 0 spiro atoms. The lowest BCUT2D eigenvalue weighted by Crippen LogP contribution is -2.52. The van der Waals surface area contributed by atoms with Gasteiger partial charge in [-0.1, -0.05) is 18.2 Å². The lowest BCUT2D eigenvalue weighted by molar-refractivity contribution is -0.384. The van der Waals surface area contributed by atoms with E-state index in [4.69, 9.17) is 4.74 Å². The molecule has 2 aliphatic rings. The van der Waals surface area contributed by atoms with Crippen molar-refractivity contribution < 1.29 is 28.0 Å². The van der Waals surface area contributed by atoms with Crippen molar-refractivity contribution >= 4 is 21.8 Å². The smallest absolute Gasteiger partial charge is 0.410 e. The fourth-order valence-electron chi connectivity index (χ4n) is 3.96. The third kappa shape index (κ3) is 5.79. The van der Waals surface area contributed by atoms with Crippen LogP contribution in [0.25, 0.3) is 0 Å². The Morgan fingerprint density at radius 3 is 2.48 bits per heavy atom. The van der Waals surface area contributed by atoms with Crippen molar-refractivity contribution in [3.8, 4) is 0 Å². The van der Waals surface area contributed by atoms with Crippen LogP contribution in [-0.4, -0.2) is 71.6 Å². The molecule has 2 aliphatic heterocycles. The van der Waals surface area contributed by atoms with Gasteiger partial charge in [-0.25, -0.2) is 13.2 Å². The zero-order valence-electron chi connectivity index (χ0n) is 18.9. The number of amides is 1. The standard InChI is InChI=1S/C22H29N3O7S/c1-22(2,3)32-21(27)24-11-5-4-6-20(24)17-12-16(15-26)13-23(14-17)33(30,31)19-9-7-18(8-10-19)25(28)29/h4-5,7-10,12,17,20,26H,6,11,13-15H2,1-3H3/t17-,20+/m0/s1. The molecule has 0 saturated carbocycles. The van der Waals surface area contributed by atoms with E-state index in [9.17, 15) is 28.4 Å². The maximum Gasteiger partial charge on any atom is 0.410 e. The Hall–Kier alpha value is -2.76. The van der Waals surface area contributed by atoms with Crippen LogP contribution in [0, 0.1) is 16.0 Å². The number of carbonyl (C=O) groups is 1. The van der Waals surface area contributed by atoms with Crippen molar-refractivity contribution in [2.24, 2.45) is 5.92 Å². The van der Waals surface area contributed by atoms with Gasteiger partial charge in [-0.2, -0.15) is 4.31 Å². The normalized spacial score (nSPS) is 22.1. The van der Waals surface area contributed by atoms with Crippen molar-refractivity contribution in [1.29, 1.82) is 0 Å². The van der Waals surface area contributed by atoms with Crippen LogP contribution in [0.4, 0.5) is 10.5 Å². The fourth-order valence-corrected chi connectivity index (χ4v) is 5.45. The topological polar surface area (TPSA) is 130 Å². The zero-order valence-corrected chi connectivity index (χ0v) is 19.7. The Labute approximate surface area is 193 Å². The van der Waals surface area contributed by atoms with Gasteiger partial charge in [-0.15, -0.1) is 0 Å². The highest BCUT2D eigenvalue weighted by Gasteiger charge is 2.38. The van der Waals surface area contributed by atoms with Gasteiger partial charge in [0.15, 0.2) is 0 Å². The predicted molar refractivity (Wildman–Crippen MR) is 121 cm³/mol. The van der Waals surface area contributed by atoms with E-state index in [0.29, 0.717) is 18.5 Å². The van der Waals surface area contributed by atoms with Crippen LogP contribution in [0.5, 0.6) is 0 Å². The van der Waals surface area contributed by atoms with Crippen molar-refractivity contribution in [2.45, 2.75) is 43.7 Å². The van der Waals surface area contributed by atoms with Gasteiger partial charge in [0.25, 0.3) is 5.69 Å². The summed E-state index contributed by atoms with van der Waals surface area (Å²) in [4.78, 5) is 24.6. The van der Waals surface area contributed by atoms with Gasteiger partial charge >= 0.3 is 6.09 Å². The lowest BCUT2D eigenvalue weighted by atomic mass is 9.89. The number of aliphatic hydroxyl groups excluding tert-OH is 1. The van der Waals surface area contributed by atoms with Gasteiger partial charge in [-0.05, 0) is 44.9 Å². The number of hydrogen-bond acceptors (Lipinski definition) is 7. The zero-order chi connectivity index (χ0) is 24.4. The summed E-state index contributed by atoms with van der Waals surface area (Å²) in [7, 11) is -3.98. The Morgan fingerprint density at radius 2 is 1.91 bits per heavy atom. The first-order valence-electron chi connectivity index (χ1n) is 10.6. The van der Waals surface area contributed by atoms with Crippen LogP contribution in [0.1, 0.15) is 27.2 Å². The Morgan fingerprint density at radius 1 is 1.24 bits per heavy atom. The number of hydrogen-bond donors (Lipinski definition) is 1. The summed E-state index contributed by atoms with van der Waals surface area (Å²) in [5, 5.41) is 20.7. The monoisotopic (exact) mass is 479 g/mol. The molecule has 2 atom stereocenters. The van der Waals surface area contributed by atoms with Crippen LogP contribution in [-0.2, 0) is 14.8 Å². The highest BCUT2D eigenvalue weighted by Crippen LogP contribution is 2.30. The number of benzene rings is 1. The van der Waals surface area contributed by atoms with E-state index in [-0.39, 0.29) is 42.2 Å². The number of nitrogens with zero attached hydrogens (tertiary/aromatic N) is 3. The molecule has 0 unspecified atom stereocenters. The summed E-state index contributed by atoms with van der Waals surface area (Å²) >= 11 is 0. The number of aliphatic hydroxyl groups is 1. The number of nitro groups is 1. The minimum atomic E-state index is -3.98. The fraction of sp³-hybridized carbons (Fsp3) is 0.500. The molecule has 1 amide bonds. The van der Waals surface area contributed by atoms with Crippen LogP contribution < -0.4 is 0 Å². The van der Waals surface area contributed by atoms with E-state index in [2.05, 4.69) is 0 Å². The summed E-state index contributed by atoms with van der Waals surface area (Å²) in [6, 6.07) is 4.35. The Bertz CT molecular complexity index is 1060. The number of rotatable bonds is 5. The van der Waals surface area contributed by atoms with E-state index < -0.39 is 26.6 Å². The average Bonchev–Trinajstić information content (AvgIpc) is 2.77. The van der Waals surface area contributed by atoms with Crippen molar-refractivity contribution in [3.05, 3.63) is 58.2 Å². The van der Waals surface area contributed by atoms with Gasteiger partial charge in [0.05, 0.1) is 16.4 Å². The molecule has 10 nitrogen and oxygen atoms in total. The summed E-state index contributed by atoms with van der Waals surface area (Å²) < 4.78 is 33.4. The van der Waals surface area contributed by atoms with Crippen LogP contribution in [0.3, 0.4) is 0 Å². The van der Waals surface area contributed by atoms with E-state index in [0.717, 1.165) is 12.1 Å². The molecule has 0 aliphatic carbocycles. The molecule has 1 aromatic rings. The second-order valence-electron chi connectivity index (χ2n) is 9.10. The SMILES string of the molecule is CC(C)(C)OC(=O)N1CC=CC[C@@H]1[C@H]1C=C(CO)CN(S(=O)(=O)c2ccc([N+](=O)[O-])cc2)C1. The molecule has 1 aromatic carbocycles. The molecule has 2 heterocycles. The van der Waals surface area contributed by atoms with Gasteiger partial charge in [0, 0.05) is 43.7 Å². The summed E-state index contributed by atoms with van der Waals surface area (Å²) in [5.41, 5.74) is -0.355. The predicted octanol–water partition coefficient (Wildman–Crippen LogP) is 2.70. The summed E-state index contributed by atoms with van der Waals surface area (Å²) in [5.74, 6) is -0.369. The highest BCUT2D eigenvalue weighted by molar-refractivity contribution is 7.89. The molecular weight excluding hydrogens is 450 g/mol. The molecule has 11 heteroatoms. The highest BCUT2D eigenvalue weighted by atomic mass is 32.2. The first-order valence-corrected chi connectivity index (χ1v) is 12.1. The minimum Gasteiger partial charge on any atom is -0.444 e. The van der Waals surface area contributed by atoms with E-state index in [1.807, 2.05) is 18.2 Å². The summed E-state index contributed by atoms with van der Waals surface area (Å²) in [6.07, 6.45) is 5.69. The Balaban J connectivity index is 1.88. The average molecular weight is 480 g/mol. The number of carbonyl (C=O) groups excluding carboxylic acids is 1. The third-order valence-corrected chi connectivity index (χ3v) is 7.33. The van der Waals surface area contributed by atoms with Crippen molar-refractivity contribution in [1.82, 2.24) is 9.21 Å². The lowest BCUT2D eigenvalue weighted by Gasteiger charge is -2.41. The maximum atomic E-state index is 13.3. The van der Waals surface area contributed by atoms with Gasteiger partial charge in [-0.3, -0.25) is 10.1 Å². The largest absolute Gasteiger partial charge is 0.444 e. The van der Waals surface area contributed by atoms with Crippen LogP contribution in [0.2, 0.25) is 0 Å². The number of nitro benzene ring substituents is 1. The molecule has 0 bridgehead atoms. The Kier molecular flexibility index (Phi) is 7.25. The third-order valence-electron chi connectivity index (χ3n) is 5.50. The van der Waals surface area contributed by atoms with Crippen LogP contribution >= 0.6 is 0 Å². The molecule has 180 valence electrons. The molecule has 0 fully saturated rings. The summed E-state index contributed by atoms with van der Waals surface area (Å²) in [6.45, 7) is 5.46. The molecule has 1 N–H and O–H groups in total. The molecule has 0 aromatic heterocycles. The first kappa shape index (κ1) is 24.9. The quantitative estimate of drug-likeness (QED) is 0.390. The minimum absolute atomic E-state index is 0.00131. The van der Waals surface area contributed by atoms with Gasteiger partial charge in [0.1, 0.15) is 5.60 Å². The molecule has 0 saturated heterocycles. The van der Waals surface area contributed by atoms with E-state index >= 15 is 0 Å². The van der Waals surface area contributed by atoms with E-state index in [1.54, 1.807) is 25.7 Å². The van der Waals surface area contributed by atoms with E-state index in [1.165, 1.54) is 16.4 Å². The maximum absolute atomic E-state index is 13.3. The van der Waals surface area contributed by atoms with Crippen molar-refractivity contribution in [2.75, 3.05) is 26.2 Å². The first-order chi connectivity index (χ1) is 15.4. The van der Waals surface area contributed by atoms with Gasteiger partial charge in [0.2, 0.25) is 10.0 Å². The number of sulfonamides is 1. The molecule has 0 radical (unpaired) electrons.